The molecule has 8 N–H and O–H groups in total. The molecular weight excluding hydrogens is 735 g/mol. The molecule has 0 saturated carbocycles. The summed E-state index contributed by atoms with van der Waals surface area (Å²) >= 11 is 0. The molecule has 1 aliphatic heterocycles. The minimum atomic E-state index is -5.77. The number of H-pyrrole nitrogens is 1. The number of anilines is 1. The number of benzene rings is 1. The molecule has 1 aromatic carbocycles. The van der Waals surface area contributed by atoms with E-state index in [9.17, 15) is 43.5 Å². The summed E-state index contributed by atoms with van der Waals surface area (Å²) in [5, 5.41) is 22.6. The first kappa shape index (κ1) is 41.4. The Labute approximate surface area is 283 Å². The number of phosphoric acid groups is 3. The summed E-state index contributed by atoms with van der Waals surface area (Å²) < 4.78 is 65.0. The third-order valence-electron chi connectivity index (χ3n) is 7.02. The van der Waals surface area contributed by atoms with Gasteiger partial charge in [-0.3, -0.25) is 24.4 Å². The summed E-state index contributed by atoms with van der Waals surface area (Å²) in [6, 6.07) is 4.34. The molecule has 1 saturated heterocycles. The number of hydrogen-bond acceptors (Lipinski definition) is 15. The predicted octanol–water partition coefficient (Wildman–Crippen LogP) is 3.16. The van der Waals surface area contributed by atoms with Crippen LogP contribution >= 0.6 is 23.5 Å². The number of nitrogens with one attached hydrogen (secondary N) is 1. The predicted molar refractivity (Wildman–Crippen MR) is 172 cm³/mol. The lowest BCUT2D eigenvalue weighted by molar-refractivity contribution is -0.386. The van der Waals surface area contributed by atoms with E-state index in [1.165, 1.54) is 30.0 Å². The van der Waals surface area contributed by atoms with Gasteiger partial charge in [0.1, 0.15) is 18.1 Å². The molecule has 25 heteroatoms. The van der Waals surface area contributed by atoms with Crippen LogP contribution in [0.4, 0.5) is 11.6 Å². The number of aromatic amines is 1. The zero-order chi connectivity index (χ0) is 36.7. The van der Waals surface area contributed by atoms with Crippen molar-refractivity contribution in [3.8, 4) is 5.75 Å². The number of aliphatic hydroxyl groups excluding tert-OH is 1. The van der Waals surface area contributed by atoms with E-state index < -0.39 is 70.5 Å². The fourth-order valence-corrected chi connectivity index (χ4v) is 8.12. The summed E-state index contributed by atoms with van der Waals surface area (Å²) in [5.41, 5.74) is 4.69. The van der Waals surface area contributed by atoms with E-state index in [1.807, 2.05) is 0 Å². The molecule has 0 bridgehead atoms. The molecule has 3 heterocycles. The number of ether oxygens (including phenoxy) is 3. The average molecular weight is 774 g/mol. The van der Waals surface area contributed by atoms with Crippen LogP contribution in [0.5, 0.6) is 5.75 Å². The van der Waals surface area contributed by atoms with Crippen LogP contribution in [0.3, 0.4) is 0 Å². The smallest absolute Gasteiger partial charge is 0.490 e. The molecule has 6 atom stereocenters. The quantitative estimate of drug-likeness (QED) is 0.0702. The number of nitrogens with two attached hydrogens (primary N) is 1. The number of methoxy groups -OCH3 is 1. The monoisotopic (exact) mass is 773 g/mol. The maximum Gasteiger partial charge on any atom is 0.490 e. The Kier molecular flexibility index (Phi) is 12.6. The molecule has 1 fully saturated rings. The van der Waals surface area contributed by atoms with Gasteiger partial charge in [0.25, 0.3) is 11.2 Å². The highest BCUT2D eigenvalue weighted by molar-refractivity contribution is 7.66. The van der Waals surface area contributed by atoms with Gasteiger partial charge in [-0.2, -0.15) is 13.6 Å². The maximum atomic E-state index is 13.1. The van der Waals surface area contributed by atoms with E-state index in [1.54, 1.807) is 26.8 Å². The number of nitro benzene ring substituents is 1. The number of nitrogens with zero attached hydrogens (tertiary/aromatic N) is 3. The molecule has 1 aliphatic rings. The van der Waals surface area contributed by atoms with Gasteiger partial charge >= 0.3 is 23.5 Å². The summed E-state index contributed by atoms with van der Waals surface area (Å²) in [4.78, 5) is 67.5. The molecule has 0 aliphatic carbocycles. The zero-order valence-electron chi connectivity index (χ0n) is 26.1. The Balaban J connectivity index is 0.00000676. The Morgan fingerprint density at radius 2 is 1.84 bits per heavy atom. The molecule has 0 radical (unpaired) electrons. The van der Waals surface area contributed by atoms with Crippen LogP contribution < -0.4 is 16.0 Å². The van der Waals surface area contributed by atoms with Crippen molar-refractivity contribution >= 4 is 46.1 Å². The molecule has 280 valence electrons. The van der Waals surface area contributed by atoms with Crippen LogP contribution in [-0.2, 0) is 42.9 Å². The second-order valence-corrected chi connectivity index (χ2v) is 16.2. The highest BCUT2D eigenvalue weighted by Gasteiger charge is 2.43. The molecular formula is C25H38N5O17P3. The standard InChI is InChI=1S/C24H34N5O17P3.CH4/c1-24(2,3)20(14-6-5-13(41-4)7-15(14)29(32)33)42-10-12-9-28(21-19(12)22(31)27-23(25)26-21)18-8-16(30)17(44-18)11-43-48(37,38)46-49(39,40)45-47(34,35)36;/h5-7,9,16-18,20,30H,8,10-11H2,1-4H3,(H,37,38)(H,39,40)(H2,34,35,36)(H3,25,26,27,31);1H4/t16?,17-,18-,20-;/m1./s1. The number of nitrogen functional groups attached to an aromatic ring is 1. The SMILES string of the molecule is C.COc1ccc([C@@H](OCc2cn([C@H]3CC(O)[C@@H](COP(=O)(O)OP(=O)(O)OP(=O)(O)O)O3)c3nc(N)[nH]c(=O)c23)C(C)(C)C)c([N+](=O)[O-])c1. The van der Waals surface area contributed by atoms with Crippen molar-refractivity contribution < 1.29 is 70.7 Å². The first-order chi connectivity index (χ1) is 22.5. The van der Waals surface area contributed by atoms with Crippen LogP contribution in [0.15, 0.2) is 29.2 Å². The van der Waals surface area contributed by atoms with E-state index in [0.29, 0.717) is 0 Å². The van der Waals surface area contributed by atoms with Crippen LogP contribution in [0.1, 0.15) is 58.1 Å². The molecule has 4 rings (SSSR count). The second-order valence-electron chi connectivity index (χ2n) is 11.8. The largest absolute Gasteiger partial charge is 0.497 e. The van der Waals surface area contributed by atoms with Gasteiger partial charge in [-0.05, 0) is 17.5 Å². The second kappa shape index (κ2) is 15.3. The Bertz CT molecular complexity index is 1920. The van der Waals surface area contributed by atoms with Crippen molar-refractivity contribution in [2.45, 2.75) is 65.8 Å². The summed E-state index contributed by atoms with van der Waals surface area (Å²) in [5.74, 6) is -0.00558. The molecule has 50 heavy (non-hydrogen) atoms. The Hall–Kier alpha value is -3.07. The summed E-state index contributed by atoms with van der Waals surface area (Å²) in [7, 11) is -15.5. The van der Waals surface area contributed by atoms with E-state index in [0.717, 1.165) is 0 Å². The lowest BCUT2D eigenvalue weighted by Gasteiger charge is -2.31. The number of hydrogen-bond donors (Lipinski definition) is 7. The number of phosphoric ester groups is 1. The average Bonchev–Trinajstić information content (AvgIpc) is 3.49. The molecule has 3 unspecified atom stereocenters. The van der Waals surface area contributed by atoms with E-state index in [2.05, 4.69) is 23.1 Å². The van der Waals surface area contributed by atoms with Crippen molar-refractivity contribution in [1.82, 2.24) is 14.5 Å². The van der Waals surface area contributed by atoms with Crippen LogP contribution in [-0.4, -0.2) is 70.1 Å². The third-order valence-corrected chi connectivity index (χ3v) is 10.8. The minimum Gasteiger partial charge on any atom is -0.497 e. The highest BCUT2D eigenvalue weighted by Crippen LogP contribution is 2.66. The normalized spacial score (nSPS) is 21.3. The topological polar surface area (TPSA) is 328 Å². The first-order valence-electron chi connectivity index (χ1n) is 14.0. The van der Waals surface area contributed by atoms with E-state index in [-0.39, 0.29) is 60.0 Å². The minimum absolute atomic E-state index is 0. The lowest BCUT2D eigenvalue weighted by Crippen LogP contribution is -2.26. The van der Waals surface area contributed by atoms with Gasteiger partial charge in [-0.1, -0.05) is 28.2 Å². The summed E-state index contributed by atoms with van der Waals surface area (Å²) in [6.45, 7) is 4.22. The number of fused-ring (bicyclic) bond motifs is 1. The first-order valence-corrected chi connectivity index (χ1v) is 18.5. The lowest BCUT2D eigenvalue weighted by atomic mass is 9.84. The van der Waals surface area contributed by atoms with Crippen molar-refractivity contribution in [3.63, 3.8) is 0 Å². The Morgan fingerprint density at radius 3 is 2.42 bits per heavy atom. The van der Waals surface area contributed by atoms with Gasteiger partial charge in [0.2, 0.25) is 5.95 Å². The molecule has 0 spiro atoms. The number of rotatable bonds is 14. The maximum absolute atomic E-state index is 13.1. The molecule has 2 aromatic heterocycles. The number of aromatic nitrogens is 3. The van der Waals surface area contributed by atoms with E-state index >= 15 is 0 Å². The van der Waals surface area contributed by atoms with Gasteiger partial charge in [-0.15, -0.1) is 0 Å². The van der Waals surface area contributed by atoms with Crippen LogP contribution in [0.2, 0.25) is 0 Å². The van der Waals surface area contributed by atoms with Crippen molar-refractivity contribution in [1.29, 1.82) is 0 Å². The van der Waals surface area contributed by atoms with Gasteiger partial charge < -0.3 is 49.2 Å². The zero-order valence-corrected chi connectivity index (χ0v) is 28.8. The van der Waals surface area contributed by atoms with Crippen molar-refractivity contribution in [2.24, 2.45) is 5.41 Å². The van der Waals surface area contributed by atoms with Crippen molar-refractivity contribution in [2.75, 3.05) is 19.5 Å². The van der Waals surface area contributed by atoms with Gasteiger partial charge in [0.15, 0.2) is 5.65 Å². The fourth-order valence-electron chi connectivity index (χ4n) is 5.09. The third kappa shape index (κ3) is 10.0. The summed E-state index contributed by atoms with van der Waals surface area (Å²) in [6.07, 6.45) is -3.53. The van der Waals surface area contributed by atoms with Crippen molar-refractivity contribution in [3.05, 3.63) is 56.0 Å². The van der Waals surface area contributed by atoms with Crippen LogP contribution in [0, 0.1) is 15.5 Å². The fraction of sp³-hybridized carbons (Fsp3) is 0.520. The van der Waals surface area contributed by atoms with Gasteiger partial charge in [0.05, 0.1) is 54.5 Å². The molecule has 22 nitrogen and oxygen atoms in total. The van der Waals surface area contributed by atoms with E-state index in [4.69, 9.17) is 29.7 Å². The molecule has 0 amide bonds. The Morgan fingerprint density at radius 1 is 1.18 bits per heavy atom. The molecule has 3 aromatic rings. The van der Waals surface area contributed by atoms with Crippen LogP contribution in [0.25, 0.3) is 11.0 Å². The number of aliphatic hydroxyl groups is 1. The van der Waals surface area contributed by atoms with Gasteiger partial charge in [-0.25, -0.2) is 13.7 Å². The van der Waals surface area contributed by atoms with Gasteiger partial charge in [0, 0.05) is 18.2 Å². The highest BCUT2D eigenvalue weighted by atomic mass is 31.3. The number of nitro groups is 1.